The van der Waals surface area contributed by atoms with Crippen LogP contribution in [0.25, 0.3) is 0 Å². The van der Waals surface area contributed by atoms with Crippen LogP contribution < -0.4 is 16.0 Å². The van der Waals surface area contributed by atoms with E-state index in [9.17, 15) is 4.79 Å². The summed E-state index contributed by atoms with van der Waals surface area (Å²) in [6.07, 6.45) is 1.74. The second kappa shape index (κ2) is 6.06. The monoisotopic (exact) mass is 261 g/mol. The molecule has 1 saturated heterocycles. The van der Waals surface area contributed by atoms with Gasteiger partial charge in [0, 0.05) is 31.2 Å². The number of carbonyl (C=O) groups is 1. The van der Waals surface area contributed by atoms with Crippen molar-refractivity contribution in [1.29, 1.82) is 0 Å². The van der Waals surface area contributed by atoms with Crippen LogP contribution >= 0.6 is 0 Å². The van der Waals surface area contributed by atoms with Gasteiger partial charge in [0.25, 0.3) is 0 Å². The molecule has 1 aliphatic heterocycles. The summed E-state index contributed by atoms with van der Waals surface area (Å²) in [6.45, 7) is 4.87. The molecule has 3 N–H and O–H groups in total. The second-order valence-electron chi connectivity index (χ2n) is 5.30. The van der Waals surface area contributed by atoms with Crippen LogP contribution in [0.3, 0.4) is 0 Å². The Hall–Kier alpha value is -1.55. The maximum atomic E-state index is 11.2. The van der Waals surface area contributed by atoms with Crippen LogP contribution in [0, 0.1) is 12.8 Å². The Morgan fingerprint density at radius 3 is 2.63 bits per heavy atom. The molecular formula is C15H23N3O. The molecular weight excluding hydrogens is 238 g/mol. The predicted octanol–water partition coefficient (Wildman–Crippen LogP) is 1.42. The molecule has 104 valence electrons. The molecule has 0 aliphatic carbocycles. The van der Waals surface area contributed by atoms with Gasteiger partial charge in [-0.05, 0) is 50.1 Å². The Morgan fingerprint density at radius 1 is 1.42 bits per heavy atom. The topological polar surface area (TPSA) is 58.4 Å². The molecule has 1 amide bonds. The lowest BCUT2D eigenvalue weighted by molar-refractivity contribution is -0.122. The molecule has 2 rings (SSSR count). The standard InChI is InChI=1S/C15H23N3O/c1-11-9-14(4-3-13(11)10-17-2)18-7-5-12(6-8-18)15(16)19/h3-4,9,12,17H,5-8,10H2,1-2H3,(H2,16,19). The molecule has 0 unspecified atom stereocenters. The zero-order chi connectivity index (χ0) is 13.8. The molecule has 0 saturated carbocycles. The van der Waals surface area contributed by atoms with Crippen LogP contribution in [0.5, 0.6) is 0 Å². The first-order valence-corrected chi connectivity index (χ1v) is 6.90. The third-order valence-electron chi connectivity index (χ3n) is 3.96. The van der Waals surface area contributed by atoms with Crippen LogP contribution in [0.1, 0.15) is 24.0 Å². The molecule has 1 aromatic rings. The van der Waals surface area contributed by atoms with E-state index in [-0.39, 0.29) is 11.8 Å². The van der Waals surface area contributed by atoms with Gasteiger partial charge in [0.1, 0.15) is 0 Å². The maximum absolute atomic E-state index is 11.2. The number of amides is 1. The largest absolute Gasteiger partial charge is 0.371 e. The molecule has 19 heavy (non-hydrogen) atoms. The van der Waals surface area contributed by atoms with Gasteiger partial charge in [-0.15, -0.1) is 0 Å². The van der Waals surface area contributed by atoms with Gasteiger partial charge < -0.3 is 16.0 Å². The Bertz CT molecular complexity index is 451. The van der Waals surface area contributed by atoms with E-state index >= 15 is 0 Å². The van der Waals surface area contributed by atoms with Crippen molar-refractivity contribution in [2.45, 2.75) is 26.3 Å². The average Bonchev–Trinajstić information content (AvgIpc) is 2.41. The summed E-state index contributed by atoms with van der Waals surface area (Å²) < 4.78 is 0. The van der Waals surface area contributed by atoms with E-state index in [4.69, 9.17) is 5.73 Å². The van der Waals surface area contributed by atoms with Crippen molar-refractivity contribution < 1.29 is 4.79 Å². The Kier molecular flexibility index (Phi) is 4.43. The Morgan fingerprint density at radius 2 is 2.11 bits per heavy atom. The summed E-state index contributed by atoms with van der Waals surface area (Å²) in [5.41, 5.74) is 9.26. The number of nitrogens with zero attached hydrogens (tertiary/aromatic N) is 1. The third-order valence-corrected chi connectivity index (χ3v) is 3.96. The van der Waals surface area contributed by atoms with Crippen molar-refractivity contribution in [3.8, 4) is 0 Å². The molecule has 4 heteroatoms. The number of nitrogens with two attached hydrogens (primary N) is 1. The number of hydrogen-bond acceptors (Lipinski definition) is 3. The summed E-state index contributed by atoms with van der Waals surface area (Å²) in [4.78, 5) is 13.5. The minimum atomic E-state index is -0.153. The van der Waals surface area contributed by atoms with Gasteiger partial charge in [0.15, 0.2) is 0 Å². The average molecular weight is 261 g/mol. The second-order valence-corrected chi connectivity index (χ2v) is 5.30. The van der Waals surface area contributed by atoms with Crippen molar-refractivity contribution in [3.63, 3.8) is 0 Å². The zero-order valence-electron chi connectivity index (χ0n) is 11.8. The minimum absolute atomic E-state index is 0.0564. The van der Waals surface area contributed by atoms with Gasteiger partial charge in [-0.25, -0.2) is 0 Å². The van der Waals surface area contributed by atoms with Gasteiger partial charge >= 0.3 is 0 Å². The molecule has 0 radical (unpaired) electrons. The van der Waals surface area contributed by atoms with E-state index in [1.54, 1.807) is 0 Å². The summed E-state index contributed by atoms with van der Waals surface area (Å²) >= 11 is 0. The Labute approximate surface area is 115 Å². The van der Waals surface area contributed by atoms with Crippen molar-refractivity contribution in [1.82, 2.24) is 5.32 Å². The Balaban J connectivity index is 2.03. The van der Waals surface area contributed by atoms with Gasteiger partial charge in [0.2, 0.25) is 5.91 Å². The van der Waals surface area contributed by atoms with E-state index in [0.29, 0.717) is 0 Å². The highest BCUT2D eigenvalue weighted by Gasteiger charge is 2.23. The number of piperidine rings is 1. The van der Waals surface area contributed by atoms with Gasteiger partial charge in [-0.3, -0.25) is 4.79 Å². The fourth-order valence-corrected chi connectivity index (χ4v) is 2.69. The molecule has 4 nitrogen and oxygen atoms in total. The summed E-state index contributed by atoms with van der Waals surface area (Å²) in [5.74, 6) is -0.0962. The molecule has 0 atom stereocenters. The molecule has 1 aliphatic rings. The predicted molar refractivity (Wildman–Crippen MR) is 78.1 cm³/mol. The lowest BCUT2D eigenvalue weighted by Crippen LogP contribution is -2.38. The van der Waals surface area contributed by atoms with Crippen LogP contribution in [-0.4, -0.2) is 26.0 Å². The van der Waals surface area contributed by atoms with Crippen molar-refractivity contribution in [3.05, 3.63) is 29.3 Å². The maximum Gasteiger partial charge on any atom is 0.220 e. The number of carbonyl (C=O) groups excluding carboxylic acids is 1. The normalized spacial score (nSPS) is 16.6. The lowest BCUT2D eigenvalue weighted by Gasteiger charge is -2.32. The van der Waals surface area contributed by atoms with Crippen molar-refractivity contribution >= 4 is 11.6 Å². The van der Waals surface area contributed by atoms with Crippen LogP contribution in [-0.2, 0) is 11.3 Å². The highest BCUT2D eigenvalue weighted by molar-refractivity contribution is 5.77. The first-order chi connectivity index (χ1) is 9.11. The quantitative estimate of drug-likeness (QED) is 0.861. The number of nitrogens with one attached hydrogen (secondary N) is 1. The van der Waals surface area contributed by atoms with E-state index in [2.05, 4.69) is 35.3 Å². The van der Waals surface area contributed by atoms with E-state index in [1.165, 1.54) is 16.8 Å². The van der Waals surface area contributed by atoms with Crippen molar-refractivity contribution in [2.24, 2.45) is 11.7 Å². The number of benzene rings is 1. The first kappa shape index (κ1) is 13.9. The smallest absolute Gasteiger partial charge is 0.220 e. The summed E-state index contributed by atoms with van der Waals surface area (Å²) in [5, 5.41) is 3.18. The lowest BCUT2D eigenvalue weighted by atomic mass is 9.95. The number of rotatable bonds is 4. The fourth-order valence-electron chi connectivity index (χ4n) is 2.69. The zero-order valence-corrected chi connectivity index (χ0v) is 11.8. The molecule has 0 aromatic heterocycles. The number of primary amides is 1. The molecule has 1 heterocycles. The molecule has 0 bridgehead atoms. The third kappa shape index (κ3) is 3.26. The first-order valence-electron chi connectivity index (χ1n) is 6.90. The van der Waals surface area contributed by atoms with E-state index in [0.717, 1.165) is 32.5 Å². The molecule has 0 spiro atoms. The molecule has 1 aromatic carbocycles. The molecule has 1 fully saturated rings. The summed E-state index contributed by atoms with van der Waals surface area (Å²) in [6, 6.07) is 6.59. The van der Waals surface area contributed by atoms with Crippen molar-refractivity contribution in [2.75, 3.05) is 25.0 Å². The fraction of sp³-hybridized carbons (Fsp3) is 0.533. The van der Waals surface area contributed by atoms with E-state index in [1.807, 2.05) is 7.05 Å². The van der Waals surface area contributed by atoms with Crippen LogP contribution in [0.4, 0.5) is 5.69 Å². The summed E-state index contributed by atoms with van der Waals surface area (Å²) in [7, 11) is 1.96. The van der Waals surface area contributed by atoms with E-state index < -0.39 is 0 Å². The van der Waals surface area contributed by atoms with Crippen LogP contribution in [0.2, 0.25) is 0 Å². The number of aryl methyl sites for hydroxylation is 1. The number of hydrogen-bond donors (Lipinski definition) is 2. The van der Waals surface area contributed by atoms with Gasteiger partial charge in [0.05, 0.1) is 0 Å². The minimum Gasteiger partial charge on any atom is -0.371 e. The van der Waals surface area contributed by atoms with Crippen LogP contribution in [0.15, 0.2) is 18.2 Å². The van der Waals surface area contributed by atoms with Gasteiger partial charge in [-0.2, -0.15) is 0 Å². The van der Waals surface area contributed by atoms with Gasteiger partial charge in [-0.1, -0.05) is 6.07 Å². The highest BCUT2D eigenvalue weighted by atomic mass is 16.1. The number of anilines is 1. The SMILES string of the molecule is CNCc1ccc(N2CCC(C(N)=O)CC2)cc1C. The highest BCUT2D eigenvalue weighted by Crippen LogP contribution is 2.25.